The number of aryl methyl sites for hydroxylation is 1. The van der Waals surface area contributed by atoms with Crippen LogP contribution in [-0.2, 0) is 9.47 Å². The van der Waals surface area contributed by atoms with Gasteiger partial charge in [-0.15, -0.1) is 0 Å². The Hall–Kier alpha value is -0.900. The summed E-state index contributed by atoms with van der Waals surface area (Å²) in [7, 11) is 0. The number of rotatable bonds is 2. The Bertz CT molecular complexity index is 520. The van der Waals surface area contributed by atoms with Crippen LogP contribution in [0, 0.1) is 12.8 Å². The predicted molar refractivity (Wildman–Crippen MR) is 77.4 cm³/mol. The highest BCUT2D eigenvalue weighted by Gasteiger charge is 2.43. The second-order valence-corrected chi connectivity index (χ2v) is 6.28. The number of carbonyl (C=O) groups is 1. The average molecular weight is 295 g/mol. The maximum absolute atomic E-state index is 12.8. The van der Waals surface area contributed by atoms with Gasteiger partial charge in [-0.25, -0.2) is 0 Å². The van der Waals surface area contributed by atoms with Gasteiger partial charge in [-0.1, -0.05) is 17.7 Å². The van der Waals surface area contributed by atoms with Crippen LogP contribution in [0.5, 0.6) is 0 Å². The predicted octanol–water partition coefficient (Wildman–Crippen LogP) is 3.42. The van der Waals surface area contributed by atoms with E-state index >= 15 is 0 Å². The summed E-state index contributed by atoms with van der Waals surface area (Å²) < 4.78 is 11.4. The molecule has 2 atom stereocenters. The molecule has 108 valence electrons. The lowest BCUT2D eigenvalue weighted by molar-refractivity contribution is -0.0920. The van der Waals surface area contributed by atoms with E-state index in [2.05, 4.69) is 0 Å². The van der Waals surface area contributed by atoms with Gasteiger partial charge in [0.05, 0.1) is 12.2 Å². The quantitative estimate of drug-likeness (QED) is 0.784. The fraction of sp³-hybridized carbons (Fsp3) is 0.562. The summed E-state index contributed by atoms with van der Waals surface area (Å²) in [6.07, 6.45) is 2.44. The van der Waals surface area contributed by atoms with E-state index in [9.17, 15) is 4.79 Å². The molecule has 3 nitrogen and oxygen atoms in total. The van der Waals surface area contributed by atoms with Crippen molar-refractivity contribution in [3.63, 3.8) is 0 Å². The van der Waals surface area contributed by atoms with Gasteiger partial charge < -0.3 is 9.47 Å². The third kappa shape index (κ3) is 2.62. The molecule has 0 aliphatic carbocycles. The Morgan fingerprint density at radius 1 is 1.40 bits per heavy atom. The summed E-state index contributed by atoms with van der Waals surface area (Å²) in [6, 6.07) is 5.51. The maximum Gasteiger partial charge on any atom is 0.166 e. The minimum absolute atomic E-state index is 0.0163. The minimum Gasteiger partial charge on any atom is -0.378 e. The van der Waals surface area contributed by atoms with E-state index in [-0.39, 0.29) is 17.3 Å². The molecule has 2 aliphatic rings. The van der Waals surface area contributed by atoms with Crippen LogP contribution in [0.2, 0.25) is 5.02 Å². The topological polar surface area (TPSA) is 35.5 Å². The average Bonchev–Trinajstić information content (AvgIpc) is 2.88. The molecule has 1 aromatic rings. The highest BCUT2D eigenvalue weighted by molar-refractivity contribution is 6.31. The lowest BCUT2D eigenvalue weighted by Gasteiger charge is -2.36. The van der Waals surface area contributed by atoms with Crippen LogP contribution < -0.4 is 0 Å². The summed E-state index contributed by atoms with van der Waals surface area (Å²) in [5.41, 5.74) is 1.51. The van der Waals surface area contributed by atoms with E-state index in [4.69, 9.17) is 21.1 Å². The van der Waals surface area contributed by atoms with Gasteiger partial charge in [0.1, 0.15) is 0 Å². The number of Topliss-reactive ketones (excluding diaryl/α,β-unsaturated/α-hetero) is 1. The number of hydrogen-bond acceptors (Lipinski definition) is 3. The van der Waals surface area contributed by atoms with Crippen molar-refractivity contribution < 1.29 is 14.3 Å². The number of ketones is 1. The van der Waals surface area contributed by atoms with E-state index in [0.717, 1.165) is 37.0 Å². The lowest BCUT2D eigenvalue weighted by Crippen LogP contribution is -2.42. The minimum atomic E-state index is -0.231. The molecule has 0 saturated carbocycles. The number of carbonyl (C=O) groups excluding carboxylic acids is 1. The Kier molecular flexibility index (Phi) is 3.85. The van der Waals surface area contributed by atoms with Gasteiger partial charge in [-0.3, -0.25) is 4.79 Å². The monoisotopic (exact) mass is 294 g/mol. The summed E-state index contributed by atoms with van der Waals surface area (Å²) in [5, 5.41) is 0.616. The first kappa shape index (κ1) is 14.1. The molecular weight excluding hydrogens is 276 g/mol. The van der Waals surface area contributed by atoms with Crippen molar-refractivity contribution in [3.05, 3.63) is 34.3 Å². The second kappa shape index (κ2) is 5.47. The first-order valence-corrected chi connectivity index (χ1v) is 7.50. The molecule has 0 amide bonds. The van der Waals surface area contributed by atoms with Crippen molar-refractivity contribution in [2.24, 2.45) is 5.92 Å². The van der Waals surface area contributed by atoms with Crippen LogP contribution in [0.15, 0.2) is 18.2 Å². The van der Waals surface area contributed by atoms with E-state index in [1.807, 2.05) is 19.1 Å². The van der Waals surface area contributed by atoms with Crippen molar-refractivity contribution in [3.8, 4) is 0 Å². The first-order chi connectivity index (χ1) is 9.60. The lowest BCUT2D eigenvalue weighted by atomic mass is 9.80. The number of ether oxygens (including phenoxy) is 2. The fourth-order valence-corrected chi connectivity index (χ4v) is 3.37. The molecule has 0 bridgehead atoms. The number of halogens is 1. The van der Waals surface area contributed by atoms with Crippen molar-refractivity contribution in [1.29, 1.82) is 0 Å². The van der Waals surface area contributed by atoms with Gasteiger partial charge in [-0.05, 0) is 37.5 Å². The summed E-state index contributed by atoms with van der Waals surface area (Å²) >= 11 is 6.02. The van der Waals surface area contributed by atoms with Crippen molar-refractivity contribution >= 4 is 17.4 Å². The van der Waals surface area contributed by atoms with Gasteiger partial charge in [-0.2, -0.15) is 0 Å². The molecule has 0 radical (unpaired) electrons. The molecule has 3 rings (SSSR count). The van der Waals surface area contributed by atoms with Crippen LogP contribution in [0.1, 0.15) is 35.2 Å². The number of benzene rings is 1. The standard InChI is InChI=1S/C16H19ClO3/c1-11-2-3-13(17)8-14(11)15(18)12-4-6-20-16(9-12)5-7-19-10-16/h2-3,8,12H,4-7,9-10H2,1H3. The molecule has 2 heterocycles. The molecule has 1 aromatic carbocycles. The van der Waals surface area contributed by atoms with Gasteiger partial charge in [0.15, 0.2) is 5.78 Å². The number of hydrogen-bond donors (Lipinski definition) is 0. The second-order valence-electron chi connectivity index (χ2n) is 5.85. The van der Waals surface area contributed by atoms with Crippen LogP contribution in [0.25, 0.3) is 0 Å². The Morgan fingerprint density at radius 3 is 3.00 bits per heavy atom. The van der Waals surface area contributed by atoms with Gasteiger partial charge in [0.2, 0.25) is 0 Å². The SMILES string of the molecule is Cc1ccc(Cl)cc1C(=O)C1CCOC2(CCOC2)C1. The molecule has 2 unspecified atom stereocenters. The molecule has 20 heavy (non-hydrogen) atoms. The third-order valence-electron chi connectivity index (χ3n) is 4.40. The normalized spacial score (nSPS) is 29.8. The third-order valence-corrected chi connectivity index (χ3v) is 4.63. The largest absolute Gasteiger partial charge is 0.378 e. The van der Waals surface area contributed by atoms with Crippen molar-refractivity contribution in [2.45, 2.75) is 31.8 Å². The van der Waals surface area contributed by atoms with E-state index in [0.29, 0.717) is 18.2 Å². The zero-order valence-corrected chi connectivity index (χ0v) is 12.4. The van der Waals surface area contributed by atoms with Crippen LogP contribution in [0.3, 0.4) is 0 Å². The van der Waals surface area contributed by atoms with Crippen molar-refractivity contribution in [1.82, 2.24) is 0 Å². The van der Waals surface area contributed by atoms with Gasteiger partial charge >= 0.3 is 0 Å². The van der Waals surface area contributed by atoms with Gasteiger partial charge in [0, 0.05) is 36.1 Å². The van der Waals surface area contributed by atoms with Crippen LogP contribution in [0.4, 0.5) is 0 Å². The molecule has 4 heteroatoms. The maximum atomic E-state index is 12.8. The summed E-state index contributed by atoms with van der Waals surface area (Å²) in [4.78, 5) is 12.8. The molecule has 2 fully saturated rings. The Labute approximate surface area is 124 Å². The van der Waals surface area contributed by atoms with E-state index in [1.54, 1.807) is 6.07 Å². The highest BCUT2D eigenvalue weighted by Crippen LogP contribution is 2.37. The molecule has 2 saturated heterocycles. The zero-order chi connectivity index (χ0) is 14.2. The van der Waals surface area contributed by atoms with Crippen LogP contribution in [-0.4, -0.2) is 31.2 Å². The first-order valence-electron chi connectivity index (χ1n) is 7.12. The molecule has 1 spiro atoms. The summed E-state index contributed by atoms with van der Waals surface area (Å²) in [6.45, 7) is 3.94. The highest BCUT2D eigenvalue weighted by atomic mass is 35.5. The molecular formula is C16H19ClO3. The smallest absolute Gasteiger partial charge is 0.166 e. The van der Waals surface area contributed by atoms with Crippen molar-refractivity contribution in [2.75, 3.05) is 19.8 Å². The zero-order valence-electron chi connectivity index (χ0n) is 11.7. The molecule has 0 aromatic heterocycles. The van der Waals surface area contributed by atoms with E-state index < -0.39 is 0 Å². The summed E-state index contributed by atoms with van der Waals surface area (Å²) in [5.74, 6) is 0.210. The Balaban J connectivity index is 1.81. The van der Waals surface area contributed by atoms with Crippen LogP contribution >= 0.6 is 11.6 Å². The Morgan fingerprint density at radius 2 is 2.25 bits per heavy atom. The molecule has 2 aliphatic heterocycles. The van der Waals surface area contributed by atoms with E-state index in [1.165, 1.54) is 0 Å². The molecule has 0 N–H and O–H groups in total. The fourth-order valence-electron chi connectivity index (χ4n) is 3.19. The van der Waals surface area contributed by atoms with Gasteiger partial charge in [0.25, 0.3) is 0 Å².